The Labute approximate surface area is 171 Å². The van der Waals surface area contributed by atoms with Crippen molar-refractivity contribution in [2.24, 2.45) is 5.92 Å². The minimum Gasteiger partial charge on any atom is -0.390 e. The molecule has 30 heavy (non-hydrogen) atoms. The van der Waals surface area contributed by atoms with Crippen molar-refractivity contribution in [3.05, 3.63) is 82.2 Å². The lowest BCUT2D eigenvalue weighted by atomic mass is 10.1. The minimum atomic E-state index is -0.712. The third kappa shape index (κ3) is 2.55. The maximum Gasteiger partial charge on any atom is 0.272 e. The summed E-state index contributed by atoms with van der Waals surface area (Å²) in [6.45, 7) is 0. The van der Waals surface area contributed by atoms with E-state index in [4.69, 9.17) is 0 Å². The number of aromatic nitrogens is 2. The molecular weight excluding hydrogens is 388 g/mol. The van der Waals surface area contributed by atoms with Crippen LogP contribution in [0.3, 0.4) is 0 Å². The summed E-state index contributed by atoms with van der Waals surface area (Å²) in [5.74, 6) is -1.03. The second-order valence-corrected chi connectivity index (χ2v) is 8.45. The summed E-state index contributed by atoms with van der Waals surface area (Å²) in [6, 6.07) is 10.5. The van der Waals surface area contributed by atoms with Gasteiger partial charge in [-0.2, -0.15) is 5.10 Å². The van der Waals surface area contributed by atoms with Gasteiger partial charge in [0.25, 0.3) is 5.91 Å². The Hall–Kier alpha value is -3.06. The van der Waals surface area contributed by atoms with Crippen molar-refractivity contribution in [2.45, 2.75) is 37.3 Å². The summed E-state index contributed by atoms with van der Waals surface area (Å²) in [6.07, 6.45) is 1.51. The summed E-state index contributed by atoms with van der Waals surface area (Å²) >= 11 is 0. The molecule has 0 radical (unpaired) electrons. The average molecular weight is 407 g/mol. The maximum absolute atomic E-state index is 14.5. The Balaban J connectivity index is 1.38. The van der Waals surface area contributed by atoms with Gasteiger partial charge >= 0.3 is 0 Å². The van der Waals surface area contributed by atoms with Crippen LogP contribution in [0.25, 0.3) is 5.69 Å². The number of hydrogen-bond donors (Lipinski definition) is 2. The molecule has 0 spiro atoms. The van der Waals surface area contributed by atoms with E-state index >= 15 is 0 Å². The van der Waals surface area contributed by atoms with Gasteiger partial charge in [0.2, 0.25) is 0 Å². The number of halogens is 2. The van der Waals surface area contributed by atoms with Crippen LogP contribution < -0.4 is 5.32 Å². The maximum atomic E-state index is 14.5. The number of carbonyl (C=O) groups excluding carboxylic acids is 1. The molecule has 0 saturated heterocycles. The fraction of sp³-hybridized carbons (Fsp3) is 0.304. The first-order valence-corrected chi connectivity index (χ1v) is 10.1. The summed E-state index contributed by atoms with van der Waals surface area (Å²) in [5.41, 5.74) is 4.01. The number of carbonyl (C=O) groups is 1. The second-order valence-electron chi connectivity index (χ2n) is 8.45. The smallest absolute Gasteiger partial charge is 0.272 e. The van der Waals surface area contributed by atoms with Gasteiger partial charge < -0.3 is 10.4 Å². The van der Waals surface area contributed by atoms with E-state index in [2.05, 4.69) is 10.4 Å². The Bertz CT molecular complexity index is 1210. The number of aliphatic hydroxyl groups excluding tert-OH is 1. The number of rotatable bonds is 3. The topological polar surface area (TPSA) is 67.2 Å². The van der Waals surface area contributed by atoms with E-state index in [1.54, 1.807) is 0 Å². The van der Waals surface area contributed by atoms with E-state index in [1.165, 1.54) is 16.8 Å². The second kappa shape index (κ2) is 6.22. The van der Waals surface area contributed by atoms with Crippen molar-refractivity contribution >= 4 is 5.91 Å². The van der Waals surface area contributed by atoms with Crippen LogP contribution in [0.15, 0.2) is 42.5 Å². The van der Waals surface area contributed by atoms with Gasteiger partial charge in [0.1, 0.15) is 11.5 Å². The number of benzene rings is 2. The Kier molecular flexibility index (Phi) is 3.68. The molecule has 3 aromatic rings. The lowest BCUT2D eigenvalue weighted by Crippen LogP contribution is -2.34. The van der Waals surface area contributed by atoms with Gasteiger partial charge in [-0.3, -0.25) is 4.79 Å². The minimum absolute atomic E-state index is 0.144. The van der Waals surface area contributed by atoms with E-state index < -0.39 is 23.8 Å². The molecule has 1 aromatic heterocycles. The van der Waals surface area contributed by atoms with Crippen LogP contribution in [0.4, 0.5) is 8.78 Å². The van der Waals surface area contributed by atoms with Crippen molar-refractivity contribution in [1.82, 2.24) is 15.1 Å². The molecule has 6 rings (SSSR count). The fourth-order valence-electron chi connectivity index (χ4n) is 5.09. The van der Waals surface area contributed by atoms with Crippen LogP contribution in [0.5, 0.6) is 0 Å². The van der Waals surface area contributed by atoms with Gasteiger partial charge in [0.05, 0.1) is 17.8 Å². The highest BCUT2D eigenvalue weighted by atomic mass is 19.1. The fourth-order valence-corrected chi connectivity index (χ4v) is 5.09. The standard InChI is InChI=1S/C23H19F2N3O2/c24-13-5-6-18(17(25)10-13)28-22-15-7-12(15)8-16(22)21(27-28)23(30)26-20-14-4-2-1-3-11(14)9-19(20)29/h1-6,10,12,15,19-20,29H,7-9H2,(H,26,30)/t12-,15-,19-,20-/m0/s1. The molecule has 4 atom stereocenters. The van der Waals surface area contributed by atoms with Gasteiger partial charge in [-0.15, -0.1) is 0 Å². The lowest BCUT2D eigenvalue weighted by molar-refractivity contribution is 0.0852. The largest absolute Gasteiger partial charge is 0.390 e. The molecule has 1 saturated carbocycles. The van der Waals surface area contributed by atoms with E-state index in [0.717, 1.165) is 41.3 Å². The first kappa shape index (κ1) is 17.8. The van der Waals surface area contributed by atoms with Crippen LogP contribution in [-0.4, -0.2) is 26.9 Å². The van der Waals surface area contributed by atoms with E-state index in [1.807, 2.05) is 24.3 Å². The van der Waals surface area contributed by atoms with Gasteiger partial charge in [-0.05, 0) is 42.0 Å². The van der Waals surface area contributed by atoms with E-state index in [9.17, 15) is 18.7 Å². The van der Waals surface area contributed by atoms with Gasteiger partial charge in [0.15, 0.2) is 11.5 Å². The summed E-state index contributed by atoms with van der Waals surface area (Å²) in [5, 5.41) is 17.9. The van der Waals surface area contributed by atoms with Crippen molar-refractivity contribution in [2.75, 3.05) is 0 Å². The van der Waals surface area contributed by atoms with Gasteiger partial charge in [-0.1, -0.05) is 24.3 Å². The van der Waals surface area contributed by atoms with Gasteiger partial charge in [-0.25, -0.2) is 13.5 Å². The first-order chi connectivity index (χ1) is 14.5. The zero-order chi connectivity index (χ0) is 20.6. The summed E-state index contributed by atoms with van der Waals surface area (Å²) < 4.78 is 29.3. The highest BCUT2D eigenvalue weighted by Gasteiger charge is 2.50. The number of nitrogens with zero attached hydrogens (tertiary/aromatic N) is 2. The SMILES string of the molecule is O=C(N[C@H]1c2ccccc2C[C@@H]1O)c1nn(-c2ccc(F)cc2F)c2c1C[C@@H]1C[C@H]21. The number of fused-ring (bicyclic) bond motifs is 4. The number of hydrogen-bond acceptors (Lipinski definition) is 3. The van der Waals surface area contributed by atoms with Crippen molar-refractivity contribution in [1.29, 1.82) is 0 Å². The average Bonchev–Trinajstić information content (AvgIpc) is 3.07. The normalized spacial score (nSPS) is 25.6. The van der Waals surface area contributed by atoms with Crippen LogP contribution in [0.1, 0.15) is 51.3 Å². The monoisotopic (exact) mass is 407 g/mol. The number of aliphatic hydroxyl groups is 1. The zero-order valence-corrected chi connectivity index (χ0v) is 16.0. The Morgan fingerprint density at radius 2 is 2.00 bits per heavy atom. The highest BCUT2D eigenvalue weighted by molar-refractivity contribution is 5.95. The third-order valence-electron chi connectivity index (χ3n) is 6.61. The third-order valence-corrected chi connectivity index (χ3v) is 6.61. The van der Waals surface area contributed by atoms with Crippen molar-refractivity contribution in [3.63, 3.8) is 0 Å². The molecule has 152 valence electrons. The molecule has 5 nitrogen and oxygen atoms in total. The summed E-state index contributed by atoms with van der Waals surface area (Å²) in [4.78, 5) is 13.2. The van der Waals surface area contributed by atoms with Gasteiger partial charge in [0, 0.05) is 24.0 Å². The molecule has 2 N–H and O–H groups in total. The van der Waals surface area contributed by atoms with Crippen LogP contribution in [0.2, 0.25) is 0 Å². The number of amides is 1. The molecule has 2 aromatic carbocycles. The van der Waals surface area contributed by atoms with E-state index in [0.29, 0.717) is 12.3 Å². The van der Waals surface area contributed by atoms with Crippen molar-refractivity contribution in [3.8, 4) is 5.69 Å². The first-order valence-electron chi connectivity index (χ1n) is 10.1. The molecule has 0 unspecified atom stereocenters. The molecule has 1 amide bonds. The zero-order valence-electron chi connectivity index (χ0n) is 16.0. The van der Waals surface area contributed by atoms with Crippen LogP contribution in [-0.2, 0) is 12.8 Å². The molecule has 3 aliphatic carbocycles. The number of nitrogens with one attached hydrogen (secondary N) is 1. The van der Waals surface area contributed by atoms with E-state index in [-0.39, 0.29) is 23.2 Å². The Morgan fingerprint density at radius 1 is 1.17 bits per heavy atom. The van der Waals surface area contributed by atoms with Crippen LogP contribution >= 0.6 is 0 Å². The lowest BCUT2D eigenvalue weighted by Gasteiger charge is -2.17. The van der Waals surface area contributed by atoms with Crippen molar-refractivity contribution < 1.29 is 18.7 Å². The molecule has 7 heteroatoms. The van der Waals surface area contributed by atoms with Crippen LogP contribution in [0, 0.1) is 17.6 Å². The molecule has 0 bridgehead atoms. The predicted molar refractivity (Wildman–Crippen MR) is 104 cm³/mol. The molecule has 0 aliphatic heterocycles. The Morgan fingerprint density at radius 3 is 2.83 bits per heavy atom. The molecule has 1 fully saturated rings. The molecule has 1 heterocycles. The quantitative estimate of drug-likeness (QED) is 0.701. The highest BCUT2D eigenvalue weighted by Crippen LogP contribution is 2.57. The predicted octanol–water partition coefficient (Wildman–Crippen LogP) is 3.20. The summed E-state index contributed by atoms with van der Waals surface area (Å²) in [7, 11) is 0. The molecule has 3 aliphatic rings. The molecular formula is C23H19F2N3O2.